The number of carbonyl (C=O) groups excluding carboxylic acids is 1. The number of hydrogen-bond donors (Lipinski definition) is 0. The Labute approximate surface area is 150 Å². The Hall–Kier alpha value is -1.42. The second-order valence-electron chi connectivity index (χ2n) is 4.70. The summed E-state index contributed by atoms with van der Waals surface area (Å²) in [6, 6.07) is 20.6. The number of carbonyl (C=O) groups is 1. The summed E-state index contributed by atoms with van der Waals surface area (Å²) in [6.45, 7) is 0. The van der Waals surface area contributed by atoms with Gasteiger partial charge in [0, 0.05) is 20.8 Å². The van der Waals surface area contributed by atoms with Crippen LogP contribution in [0, 0.1) is 0 Å². The van der Waals surface area contributed by atoms with Gasteiger partial charge >= 0.3 is 0 Å². The highest BCUT2D eigenvalue weighted by Gasteiger charge is 2.03. The zero-order chi connectivity index (χ0) is 16.3. The monoisotopic (exact) mass is 360 g/mol. The smallest absolute Gasteiger partial charge is 0.144 e. The van der Waals surface area contributed by atoms with Gasteiger partial charge in [0.1, 0.15) is 6.29 Å². The Bertz CT molecular complexity index is 621. The molecule has 0 spiro atoms. The highest BCUT2D eigenvalue weighted by atomic mass is 35.5. The average molecular weight is 361 g/mol. The van der Waals surface area contributed by atoms with Crippen molar-refractivity contribution >= 4 is 41.4 Å². The molecular weight excluding hydrogens is 344 g/mol. The van der Waals surface area contributed by atoms with Gasteiger partial charge in [-0.1, -0.05) is 72.3 Å². The van der Waals surface area contributed by atoms with Crippen LogP contribution in [0.4, 0.5) is 0 Å². The minimum absolute atomic E-state index is 0.455. The summed E-state index contributed by atoms with van der Waals surface area (Å²) in [5.41, 5.74) is 2.53. The van der Waals surface area contributed by atoms with Gasteiger partial charge in [0.15, 0.2) is 0 Å². The van der Waals surface area contributed by atoms with Crippen LogP contribution in [-0.2, 0) is 16.3 Å². The summed E-state index contributed by atoms with van der Waals surface area (Å²) in [5, 5.41) is 0.455. The summed E-state index contributed by atoms with van der Waals surface area (Å²) in [5.74, 6) is 1.75. The van der Waals surface area contributed by atoms with E-state index in [9.17, 15) is 4.79 Å². The number of benzene rings is 2. The predicted octanol–water partition coefficient (Wildman–Crippen LogP) is 6.02. The molecule has 0 saturated heterocycles. The zero-order valence-electron chi connectivity index (χ0n) is 12.5. The summed E-state index contributed by atoms with van der Waals surface area (Å²) in [4.78, 5) is 10.6. The second kappa shape index (κ2) is 10.4. The van der Waals surface area contributed by atoms with Crippen molar-refractivity contribution < 1.29 is 4.79 Å². The van der Waals surface area contributed by atoms with Gasteiger partial charge in [-0.05, 0) is 23.3 Å². The Kier molecular flexibility index (Phi) is 8.08. The fourth-order valence-electron chi connectivity index (χ4n) is 1.81. The molecule has 4 heteroatoms. The van der Waals surface area contributed by atoms with Crippen molar-refractivity contribution in [3.8, 4) is 0 Å². The Morgan fingerprint density at radius 1 is 0.870 bits per heavy atom. The topological polar surface area (TPSA) is 17.1 Å². The molecule has 0 aliphatic heterocycles. The first-order valence-corrected chi connectivity index (χ1v) is 9.49. The SMILES string of the molecule is O=C/C=C(\Cl)C=C(SCc1ccccc1)SCc1ccccc1. The molecule has 2 rings (SSSR count). The van der Waals surface area contributed by atoms with E-state index in [1.807, 2.05) is 42.5 Å². The van der Waals surface area contributed by atoms with Crippen molar-refractivity contribution in [1.29, 1.82) is 0 Å². The van der Waals surface area contributed by atoms with Crippen LogP contribution in [-0.4, -0.2) is 6.29 Å². The van der Waals surface area contributed by atoms with Crippen LogP contribution >= 0.6 is 35.1 Å². The van der Waals surface area contributed by atoms with Gasteiger partial charge in [0.2, 0.25) is 0 Å². The summed E-state index contributed by atoms with van der Waals surface area (Å²) in [6.07, 6.45) is 3.94. The summed E-state index contributed by atoms with van der Waals surface area (Å²) in [7, 11) is 0. The van der Waals surface area contributed by atoms with E-state index in [0.717, 1.165) is 15.7 Å². The number of aldehydes is 1. The van der Waals surface area contributed by atoms with E-state index in [1.165, 1.54) is 17.2 Å². The molecule has 0 amide bonds. The third kappa shape index (κ3) is 7.12. The molecule has 0 fully saturated rings. The first kappa shape index (κ1) is 17.9. The molecule has 0 saturated carbocycles. The Morgan fingerprint density at radius 3 is 1.78 bits per heavy atom. The van der Waals surface area contributed by atoms with Crippen LogP contribution in [0.1, 0.15) is 11.1 Å². The standard InChI is InChI=1S/C19H17ClOS2/c20-18(11-12-21)13-19(22-14-16-7-3-1-4-8-16)23-15-17-9-5-2-6-10-17/h1-13H,14-15H2/b18-11-. The molecule has 23 heavy (non-hydrogen) atoms. The second-order valence-corrected chi connectivity index (χ2v) is 7.43. The normalized spacial score (nSPS) is 11.1. The third-order valence-electron chi connectivity index (χ3n) is 2.93. The van der Waals surface area contributed by atoms with E-state index in [2.05, 4.69) is 24.3 Å². The lowest BCUT2D eigenvalue weighted by atomic mass is 10.2. The number of allylic oxidation sites excluding steroid dienone is 3. The molecule has 0 heterocycles. The van der Waals surface area contributed by atoms with Gasteiger partial charge in [-0.2, -0.15) is 0 Å². The molecule has 2 aromatic carbocycles. The largest absolute Gasteiger partial charge is 0.299 e. The lowest BCUT2D eigenvalue weighted by molar-refractivity contribution is -0.104. The predicted molar refractivity (Wildman–Crippen MR) is 104 cm³/mol. The van der Waals surface area contributed by atoms with Gasteiger partial charge < -0.3 is 0 Å². The molecule has 0 aliphatic rings. The zero-order valence-corrected chi connectivity index (χ0v) is 14.9. The van der Waals surface area contributed by atoms with E-state index in [1.54, 1.807) is 23.5 Å². The highest BCUT2D eigenvalue weighted by molar-refractivity contribution is 8.21. The van der Waals surface area contributed by atoms with E-state index < -0.39 is 0 Å². The quantitative estimate of drug-likeness (QED) is 0.325. The molecule has 0 radical (unpaired) electrons. The maximum atomic E-state index is 10.6. The highest BCUT2D eigenvalue weighted by Crippen LogP contribution is 2.35. The van der Waals surface area contributed by atoms with Crippen molar-refractivity contribution in [1.82, 2.24) is 0 Å². The average Bonchev–Trinajstić information content (AvgIpc) is 2.59. The van der Waals surface area contributed by atoms with Gasteiger partial charge in [0.25, 0.3) is 0 Å². The number of rotatable bonds is 8. The van der Waals surface area contributed by atoms with Crippen molar-refractivity contribution in [3.05, 3.63) is 93.2 Å². The van der Waals surface area contributed by atoms with Crippen LogP contribution in [0.5, 0.6) is 0 Å². The van der Waals surface area contributed by atoms with Gasteiger partial charge in [-0.25, -0.2) is 0 Å². The lowest BCUT2D eigenvalue weighted by Crippen LogP contribution is -1.83. The Morgan fingerprint density at radius 2 is 1.35 bits per heavy atom. The molecule has 0 aromatic heterocycles. The van der Waals surface area contributed by atoms with E-state index in [4.69, 9.17) is 11.6 Å². The minimum atomic E-state index is 0.455. The molecule has 0 N–H and O–H groups in total. The molecular formula is C19H17ClOS2. The van der Waals surface area contributed by atoms with Crippen molar-refractivity contribution in [2.24, 2.45) is 0 Å². The van der Waals surface area contributed by atoms with Crippen molar-refractivity contribution in [3.63, 3.8) is 0 Å². The number of hydrogen-bond acceptors (Lipinski definition) is 3. The molecule has 0 atom stereocenters. The van der Waals surface area contributed by atoms with E-state index in [0.29, 0.717) is 11.3 Å². The van der Waals surface area contributed by atoms with Gasteiger partial charge in [0.05, 0.1) is 0 Å². The summed E-state index contributed by atoms with van der Waals surface area (Å²) < 4.78 is 1.10. The fourth-order valence-corrected chi connectivity index (χ4v) is 4.21. The molecule has 0 unspecified atom stereocenters. The van der Waals surface area contributed by atoms with Crippen molar-refractivity contribution in [2.45, 2.75) is 11.5 Å². The first-order chi connectivity index (χ1) is 11.3. The molecule has 2 aromatic rings. The van der Waals surface area contributed by atoms with Crippen LogP contribution in [0.25, 0.3) is 0 Å². The third-order valence-corrected chi connectivity index (χ3v) is 5.63. The van der Waals surface area contributed by atoms with Crippen LogP contribution in [0.2, 0.25) is 0 Å². The van der Waals surface area contributed by atoms with Gasteiger partial charge in [-0.15, -0.1) is 23.5 Å². The van der Waals surface area contributed by atoms with E-state index >= 15 is 0 Å². The summed E-state index contributed by atoms with van der Waals surface area (Å²) >= 11 is 9.53. The maximum absolute atomic E-state index is 10.6. The molecule has 0 aliphatic carbocycles. The molecule has 118 valence electrons. The molecule has 0 bridgehead atoms. The fraction of sp³-hybridized carbons (Fsp3) is 0.105. The number of halogens is 1. The lowest BCUT2D eigenvalue weighted by Gasteiger charge is -2.08. The number of thioether (sulfide) groups is 2. The van der Waals surface area contributed by atoms with E-state index in [-0.39, 0.29) is 0 Å². The molecule has 1 nitrogen and oxygen atoms in total. The maximum Gasteiger partial charge on any atom is 0.144 e. The first-order valence-electron chi connectivity index (χ1n) is 7.14. The minimum Gasteiger partial charge on any atom is -0.299 e. The van der Waals surface area contributed by atoms with Crippen LogP contribution in [0.15, 0.2) is 82.1 Å². The Balaban J connectivity index is 2.02. The van der Waals surface area contributed by atoms with Crippen LogP contribution < -0.4 is 0 Å². The van der Waals surface area contributed by atoms with Gasteiger partial charge in [-0.3, -0.25) is 4.79 Å². The van der Waals surface area contributed by atoms with Crippen LogP contribution in [0.3, 0.4) is 0 Å². The van der Waals surface area contributed by atoms with Crippen molar-refractivity contribution in [2.75, 3.05) is 0 Å².